The molecule has 0 aliphatic rings. The molecule has 138 valence electrons. The first kappa shape index (κ1) is 16.3. The first-order valence-corrected chi connectivity index (χ1v) is 10.1. The van der Waals surface area contributed by atoms with Gasteiger partial charge in [-0.2, -0.15) is 4.98 Å². The molecule has 3 aromatic carbocycles. The summed E-state index contributed by atoms with van der Waals surface area (Å²) in [6.45, 7) is 0. The Labute approximate surface area is 170 Å². The number of fused-ring (bicyclic) bond motifs is 4. The molecule has 0 aliphatic heterocycles. The van der Waals surface area contributed by atoms with Crippen molar-refractivity contribution in [3.8, 4) is 22.3 Å². The molecule has 0 aliphatic carbocycles. The maximum Gasteiger partial charge on any atom is 0.230 e. The van der Waals surface area contributed by atoms with Gasteiger partial charge in [-0.25, -0.2) is 4.98 Å². The third-order valence-electron chi connectivity index (χ3n) is 4.87. The predicted molar refractivity (Wildman–Crippen MR) is 117 cm³/mol. The number of hydrogen-bond acceptors (Lipinski definition) is 5. The smallest absolute Gasteiger partial charge is 0.230 e. The fourth-order valence-corrected chi connectivity index (χ4v) is 4.18. The molecule has 5 heteroatoms. The van der Waals surface area contributed by atoms with E-state index in [4.69, 9.17) is 19.1 Å². The summed E-state index contributed by atoms with van der Waals surface area (Å²) in [5.41, 5.74) is 2.56. The largest absolute Gasteiger partial charge is 0.456 e. The van der Waals surface area contributed by atoms with Gasteiger partial charge in [-0.1, -0.05) is 36.4 Å². The van der Waals surface area contributed by atoms with Crippen LogP contribution in [-0.4, -0.2) is 9.97 Å². The maximum absolute atomic E-state index is 6.27. The minimum absolute atomic E-state index is 0.547. The van der Waals surface area contributed by atoms with Crippen LogP contribution in [0.5, 0.6) is 11.6 Å². The quantitative estimate of drug-likeness (QED) is 0.323. The zero-order chi connectivity index (χ0) is 19.2. The van der Waals surface area contributed by atoms with Crippen LogP contribution >= 0.6 is 11.3 Å². The minimum atomic E-state index is 0.547. The second-order valence-corrected chi connectivity index (χ2v) is 7.65. The summed E-state index contributed by atoms with van der Waals surface area (Å²) in [7, 11) is 0. The molecular formula is C24H14N2O2S. The van der Waals surface area contributed by atoms with E-state index < -0.39 is 0 Å². The number of ether oxygens (including phenoxy) is 1. The Morgan fingerprint density at radius 1 is 0.724 bits per heavy atom. The number of hydrogen-bond donors (Lipinski definition) is 0. The Balaban J connectivity index is 1.51. The Kier molecular flexibility index (Phi) is 3.61. The lowest BCUT2D eigenvalue weighted by Gasteiger charge is -2.09. The van der Waals surface area contributed by atoms with Gasteiger partial charge in [-0.05, 0) is 47.8 Å². The van der Waals surface area contributed by atoms with Crippen LogP contribution in [0.25, 0.3) is 43.5 Å². The van der Waals surface area contributed by atoms with E-state index in [9.17, 15) is 0 Å². The van der Waals surface area contributed by atoms with Crippen molar-refractivity contribution in [2.75, 3.05) is 0 Å². The minimum Gasteiger partial charge on any atom is -0.456 e. The maximum atomic E-state index is 6.27. The van der Waals surface area contributed by atoms with Gasteiger partial charge in [0.2, 0.25) is 5.88 Å². The van der Waals surface area contributed by atoms with Crippen LogP contribution in [0.4, 0.5) is 0 Å². The van der Waals surface area contributed by atoms with E-state index in [1.165, 1.54) is 0 Å². The highest BCUT2D eigenvalue weighted by Gasteiger charge is 2.13. The van der Waals surface area contributed by atoms with Crippen molar-refractivity contribution in [3.05, 3.63) is 84.2 Å². The van der Waals surface area contributed by atoms with Crippen LogP contribution in [0.15, 0.2) is 88.7 Å². The summed E-state index contributed by atoms with van der Waals surface area (Å²) in [6.07, 6.45) is 0. The third-order valence-corrected chi connectivity index (χ3v) is 5.74. The van der Waals surface area contributed by atoms with Crippen LogP contribution in [0.2, 0.25) is 0 Å². The average Bonchev–Trinajstić information content (AvgIpc) is 3.42. The third kappa shape index (κ3) is 2.75. The van der Waals surface area contributed by atoms with E-state index in [0.717, 1.165) is 37.7 Å². The van der Waals surface area contributed by atoms with E-state index in [1.807, 2.05) is 78.2 Å². The Morgan fingerprint density at radius 3 is 2.45 bits per heavy atom. The van der Waals surface area contributed by atoms with E-state index in [-0.39, 0.29) is 0 Å². The molecule has 3 aromatic heterocycles. The number of aromatic nitrogens is 2. The zero-order valence-corrected chi connectivity index (χ0v) is 16.0. The second kappa shape index (κ2) is 6.43. The molecule has 0 atom stereocenters. The number of thiophene rings is 1. The first-order valence-electron chi connectivity index (χ1n) is 9.25. The normalized spacial score (nSPS) is 11.4. The van der Waals surface area contributed by atoms with Gasteiger partial charge in [0.15, 0.2) is 5.82 Å². The summed E-state index contributed by atoms with van der Waals surface area (Å²) in [5, 5.41) is 4.99. The molecular weight excluding hydrogens is 380 g/mol. The predicted octanol–water partition coefficient (Wildman–Crippen LogP) is 7.05. The highest BCUT2D eigenvalue weighted by Crippen LogP contribution is 2.35. The fourth-order valence-electron chi connectivity index (χ4n) is 3.52. The van der Waals surface area contributed by atoms with Crippen molar-refractivity contribution in [2.24, 2.45) is 0 Å². The summed E-state index contributed by atoms with van der Waals surface area (Å²) in [5.74, 6) is 1.93. The Hall–Kier alpha value is -3.70. The van der Waals surface area contributed by atoms with Gasteiger partial charge in [0.1, 0.15) is 16.9 Å². The van der Waals surface area contributed by atoms with E-state index in [1.54, 1.807) is 11.3 Å². The van der Waals surface area contributed by atoms with E-state index >= 15 is 0 Å². The SMILES string of the molecule is c1csc(-c2nc(Oc3ccc4oc5ccccc5c4c3)c3ccccc3n2)c1. The lowest BCUT2D eigenvalue weighted by atomic mass is 10.1. The molecule has 3 heterocycles. The first-order chi connectivity index (χ1) is 14.3. The second-order valence-electron chi connectivity index (χ2n) is 6.71. The van der Waals surface area contributed by atoms with Crippen molar-refractivity contribution < 1.29 is 9.15 Å². The van der Waals surface area contributed by atoms with E-state index in [2.05, 4.69) is 6.07 Å². The standard InChI is InChI=1S/C24H14N2O2S/c1-3-8-19-17(7-1)24(26-23(25-19)22-10-5-13-29-22)27-15-11-12-21-18(14-15)16-6-2-4-9-20(16)28-21/h1-14H. The van der Waals surface area contributed by atoms with Crippen LogP contribution in [-0.2, 0) is 0 Å². The summed E-state index contributed by atoms with van der Waals surface area (Å²) in [4.78, 5) is 10.4. The number of rotatable bonds is 3. The van der Waals surface area contributed by atoms with Crippen molar-refractivity contribution in [2.45, 2.75) is 0 Å². The zero-order valence-electron chi connectivity index (χ0n) is 15.2. The Morgan fingerprint density at radius 2 is 1.55 bits per heavy atom. The molecule has 4 nitrogen and oxygen atoms in total. The van der Waals surface area contributed by atoms with Crippen molar-refractivity contribution in [1.82, 2.24) is 9.97 Å². The number of benzene rings is 3. The molecule has 0 spiro atoms. The number of para-hydroxylation sites is 2. The molecule has 6 aromatic rings. The number of nitrogens with zero attached hydrogens (tertiary/aromatic N) is 2. The molecule has 6 rings (SSSR count). The highest BCUT2D eigenvalue weighted by atomic mass is 32.1. The summed E-state index contributed by atoms with van der Waals surface area (Å²) in [6, 6.07) is 25.8. The Bertz CT molecular complexity index is 1490. The topological polar surface area (TPSA) is 48.2 Å². The molecule has 29 heavy (non-hydrogen) atoms. The van der Waals surface area contributed by atoms with Crippen LogP contribution in [0.3, 0.4) is 0 Å². The molecule has 0 fully saturated rings. The molecule has 0 radical (unpaired) electrons. The average molecular weight is 394 g/mol. The van der Waals surface area contributed by atoms with Gasteiger partial charge < -0.3 is 9.15 Å². The van der Waals surface area contributed by atoms with Gasteiger partial charge in [-0.3, -0.25) is 0 Å². The highest BCUT2D eigenvalue weighted by molar-refractivity contribution is 7.13. The van der Waals surface area contributed by atoms with Gasteiger partial charge in [0.05, 0.1) is 15.8 Å². The van der Waals surface area contributed by atoms with Crippen molar-refractivity contribution in [3.63, 3.8) is 0 Å². The van der Waals surface area contributed by atoms with E-state index in [0.29, 0.717) is 17.5 Å². The van der Waals surface area contributed by atoms with Crippen LogP contribution < -0.4 is 4.74 Å². The van der Waals surface area contributed by atoms with Gasteiger partial charge in [-0.15, -0.1) is 11.3 Å². The van der Waals surface area contributed by atoms with Crippen molar-refractivity contribution in [1.29, 1.82) is 0 Å². The lowest BCUT2D eigenvalue weighted by Crippen LogP contribution is -1.95. The van der Waals surface area contributed by atoms with Crippen molar-refractivity contribution >= 4 is 44.2 Å². The lowest BCUT2D eigenvalue weighted by molar-refractivity contribution is 0.469. The fraction of sp³-hybridized carbons (Fsp3) is 0. The van der Waals surface area contributed by atoms with Gasteiger partial charge in [0.25, 0.3) is 0 Å². The van der Waals surface area contributed by atoms with Crippen LogP contribution in [0, 0.1) is 0 Å². The molecule has 0 bridgehead atoms. The number of furan rings is 1. The molecule has 0 amide bonds. The monoisotopic (exact) mass is 394 g/mol. The van der Waals surface area contributed by atoms with Crippen LogP contribution in [0.1, 0.15) is 0 Å². The summed E-state index contributed by atoms with van der Waals surface area (Å²) >= 11 is 1.61. The molecule has 0 saturated heterocycles. The summed E-state index contributed by atoms with van der Waals surface area (Å²) < 4.78 is 12.2. The molecule has 0 unspecified atom stereocenters. The molecule has 0 N–H and O–H groups in total. The van der Waals surface area contributed by atoms with Gasteiger partial charge >= 0.3 is 0 Å². The molecule has 0 saturated carbocycles. The van der Waals surface area contributed by atoms with Gasteiger partial charge in [0, 0.05) is 10.8 Å².